The molecular formula is C21H22BrClNO8P. The van der Waals surface area contributed by atoms with E-state index in [2.05, 4.69) is 27.8 Å². The molecule has 0 aliphatic heterocycles. The van der Waals surface area contributed by atoms with Gasteiger partial charge in [-0.25, -0.2) is 9.59 Å². The van der Waals surface area contributed by atoms with E-state index in [1.165, 1.54) is 0 Å². The molecule has 0 aliphatic carbocycles. The average Bonchev–Trinajstić information content (AvgIpc) is 2.68. The van der Waals surface area contributed by atoms with E-state index in [9.17, 15) is 18.9 Å². The summed E-state index contributed by atoms with van der Waals surface area (Å²) in [6.07, 6.45) is 1.77. The Morgan fingerprint density at radius 1 is 1.06 bits per heavy atom. The molecule has 0 bridgehead atoms. The lowest BCUT2D eigenvalue weighted by Gasteiger charge is -2.06. The number of carbonyl (C=O) groups excluding carboxylic acids is 1. The minimum atomic E-state index is -3.88. The second-order valence-corrected chi connectivity index (χ2v) is 8.99. The van der Waals surface area contributed by atoms with E-state index in [0.29, 0.717) is 17.1 Å². The molecule has 2 rings (SSSR count). The number of anilines is 1. The van der Waals surface area contributed by atoms with Crippen molar-refractivity contribution in [2.24, 2.45) is 0 Å². The van der Waals surface area contributed by atoms with Crippen LogP contribution in [0.2, 0.25) is 5.02 Å². The summed E-state index contributed by atoms with van der Waals surface area (Å²) < 4.78 is 10.5. The van der Waals surface area contributed by atoms with Crippen molar-refractivity contribution in [3.63, 3.8) is 0 Å². The summed E-state index contributed by atoms with van der Waals surface area (Å²) in [5.74, 6) is -1.99. The van der Waals surface area contributed by atoms with Crippen LogP contribution in [0.3, 0.4) is 0 Å². The van der Waals surface area contributed by atoms with Gasteiger partial charge >= 0.3 is 19.5 Å². The van der Waals surface area contributed by atoms with Crippen molar-refractivity contribution in [3.05, 3.63) is 87.1 Å². The van der Waals surface area contributed by atoms with Crippen LogP contribution in [-0.4, -0.2) is 37.8 Å². The Bertz CT molecular complexity index is 1080. The summed E-state index contributed by atoms with van der Waals surface area (Å²) in [7, 11) is -3.88. The van der Waals surface area contributed by atoms with E-state index < -0.39 is 25.4 Å². The molecule has 33 heavy (non-hydrogen) atoms. The highest BCUT2D eigenvalue weighted by atomic mass is 79.9. The van der Waals surface area contributed by atoms with Crippen molar-refractivity contribution in [2.45, 2.75) is 13.8 Å². The van der Waals surface area contributed by atoms with Crippen LogP contribution in [-0.2, 0) is 14.2 Å². The third kappa shape index (κ3) is 13.4. The van der Waals surface area contributed by atoms with E-state index in [-0.39, 0.29) is 10.6 Å². The quantitative estimate of drug-likeness (QED) is 0.251. The van der Waals surface area contributed by atoms with Gasteiger partial charge in [-0.1, -0.05) is 46.2 Å². The van der Waals surface area contributed by atoms with Gasteiger partial charge in [0.15, 0.2) is 0 Å². The number of carboxylic acids is 2. The van der Waals surface area contributed by atoms with Gasteiger partial charge in [-0.05, 0) is 49.2 Å². The van der Waals surface area contributed by atoms with Crippen molar-refractivity contribution < 1.29 is 38.9 Å². The molecule has 0 aromatic heterocycles. The standard InChI is InChI=1S/C11H10BrNO3.C8H7ClO2.C2H5O3P/c1-7-6-8(12)2-3-9(7)13-10(14)4-5-11(15)16;1-5-3-2-4-6(9)7(5)8(10)11;1-2-6(3,4)5/h2-6H,1H3,(H,13,14)(H,15,16);2-4H,1H3,(H,10,11);2H,1H2,(H2,3,4,5). The molecule has 0 saturated heterocycles. The molecule has 2 aromatic rings. The van der Waals surface area contributed by atoms with E-state index in [1.54, 1.807) is 37.3 Å². The maximum absolute atomic E-state index is 11.3. The summed E-state index contributed by atoms with van der Waals surface area (Å²) >= 11 is 8.95. The Morgan fingerprint density at radius 3 is 2.03 bits per heavy atom. The summed E-state index contributed by atoms with van der Waals surface area (Å²) in [5.41, 5.74) is 2.42. The van der Waals surface area contributed by atoms with E-state index in [4.69, 9.17) is 31.6 Å². The second-order valence-electron chi connectivity index (χ2n) is 6.13. The molecule has 0 unspecified atom stereocenters. The molecule has 0 aliphatic rings. The molecule has 12 heteroatoms. The number of carboxylic acid groups (broad SMARTS) is 2. The lowest BCUT2D eigenvalue weighted by Crippen LogP contribution is -2.09. The van der Waals surface area contributed by atoms with E-state index in [0.717, 1.165) is 22.2 Å². The minimum absolute atomic E-state index is 0.189. The zero-order valence-corrected chi connectivity index (χ0v) is 20.8. The van der Waals surface area contributed by atoms with Crippen molar-refractivity contribution in [3.8, 4) is 0 Å². The van der Waals surface area contributed by atoms with Gasteiger partial charge in [0, 0.05) is 28.1 Å². The van der Waals surface area contributed by atoms with Crippen molar-refractivity contribution in [1.29, 1.82) is 0 Å². The number of halogens is 2. The van der Waals surface area contributed by atoms with Gasteiger partial charge in [-0.3, -0.25) is 9.36 Å². The summed E-state index contributed by atoms with van der Waals surface area (Å²) in [6.45, 7) is 6.43. The molecule has 0 radical (unpaired) electrons. The minimum Gasteiger partial charge on any atom is -0.478 e. The predicted molar refractivity (Wildman–Crippen MR) is 130 cm³/mol. The Kier molecular flexibility index (Phi) is 13.2. The number of rotatable bonds is 5. The first-order chi connectivity index (χ1) is 15.2. The number of amides is 1. The third-order valence-corrected chi connectivity index (χ3v) is 4.78. The predicted octanol–water partition coefficient (Wildman–Crippen LogP) is 4.99. The fraction of sp³-hybridized carbons (Fsp3) is 0.0952. The summed E-state index contributed by atoms with van der Waals surface area (Å²) in [4.78, 5) is 47.7. The van der Waals surface area contributed by atoms with Gasteiger partial charge in [0.25, 0.3) is 0 Å². The molecular weight excluding hydrogens is 541 g/mol. The van der Waals surface area contributed by atoms with Crippen LogP contribution in [0.4, 0.5) is 5.69 Å². The normalized spacial score (nSPS) is 10.2. The molecule has 5 N–H and O–H groups in total. The lowest BCUT2D eigenvalue weighted by atomic mass is 10.1. The fourth-order valence-corrected chi connectivity index (χ4v) is 2.77. The third-order valence-electron chi connectivity index (χ3n) is 3.50. The SMILES string of the molecule is C=CP(=O)(O)O.Cc1cc(Br)ccc1NC(=O)C=CC(=O)O.Cc1cccc(Cl)c1C(=O)O. The van der Waals surface area contributed by atoms with Crippen molar-refractivity contribution >= 4 is 58.7 Å². The first-order valence-corrected chi connectivity index (χ1v) is 11.7. The van der Waals surface area contributed by atoms with Crippen LogP contribution in [0, 0.1) is 13.8 Å². The molecule has 0 heterocycles. The van der Waals surface area contributed by atoms with Crippen LogP contribution < -0.4 is 5.32 Å². The van der Waals surface area contributed by atoms with Crippen LogP contribution in [0.25, 0.3) is 0 Å². The van der Waals surface area contributed by atoms with E-state index in [1.807, 2.05) is 13.0 Å². The Balaban J connectivity index is 0.000000520. The summed E-state index contributed by atoms with van der Waals surface area (Å²) in [6, 6.07) is 10.4. The zero-order valence-electron chi connectivity index (χ0n) is 17.5. The first-order valence-electron chi connectivity index (χ1n) is 8.83. The number of hydrogen-bond acceptors (Lipinski definition) is 4. The lowest BCUT2D eigenvalue weighted by molar-refractivity contribution is -0.131. The number of aliphatic carboxylic acids is 1. The fourth-order valence-electron chi connectivity index (χ4n) is 1.99. The van der Waals surface area contributed by atoms with Crippen molar-refractivity contribution in [2.75, 3.05) is 5.32 Å². The highest BCUT2D eigenvalue weighted by Crippen LogP contribution is 2.34. The van der Waals surface area contributed by atoms with Gasteiger partial charge in [-0.15, -0.1) is 0 Å². The van der Waals surface area contributed by atoms with Crippen molar-refractivity contribution in [1.82, 2.24) is 0 Å². The molecule has 2 aromatic carbocycles. The summed E-state index contributed by atoms with van der Waals surface area (Å²) in [5, 5.41) is 19.9. The highest BCUT2D eigenvalue weighted by molar-refractivity contribution is 9.10. The molecule has 178 valence electrons. The number of benzene rings is 2. The van der Waals surface area contributed by atoms with Gasteiger partial charge in [-0.2, -0.15) is 0 Å². The molecule has 1 amide bonds. The molecule has 0 atom stereocenters. The Morgan fingerprint density at radius 2 is 1.64 bits per heavy atom. The first kappa shape index (κ1) is 30.2. The zero-order chi connectivity index (χ0) is 25.8. The largest absolute Gasteiger partial charge is 0.478 e. The maximum Gasteiger partial charge on any atom is 0.348 e. The number of aromatic carboxylic acids is 1. The smallest absolute Gasteiger partial charge is 0.348 e. The van der Waals surface area contributed by atoms with Crippen LogP contribution in [0.15, 0.2) is 65.4 Å². The number of carbonyl (C=O) groups is 3. The van der Waals surface area contributed by atoms with Crippen LogP contribution in [0.5, 0.6) is 0 Å². The highest BCUT2D eigenvalue weighted by Gasteiger charge is 2.10. The average molecular weight is 563 g/mol. The van der Waals surface area contributed by atoms with Gasteiger partial charge in [0.2, 0.25) is 5.91 Å². The van der Waals surface area contributed by atoms with Crippen LogP contribution >= 0.6 is 35.1 Å². The molecule has 0 saturated carbocycles. The van der Waals surface area contributed by atoms with Gasteiger partial charge in [0.1, 0.15) is 0 Å². The number of nitrogens with one attached hydrogen (secondary N) is 1. The van der Waals surface area contributed by atoms with Crippen LogP contribution in [0.1, 0.15) is 21.5 Å². The van der Waals surface area contributed by atoms with Gasteiger partial charge < -0.3 is 25.3 Å². The second kappa shape index (κ2) is 14.4. The Labute approximate surface area is 203 Å². The number of aryl methyl sites for hydroxylation is 2. The molecule has 9 nitrogen and oxygen atoms in total. The number of hydrogen-bond donors (Lipinski definition) is 5. The molecule has 0 fully saturated rings. The van der Waals surface area contributed by atoms with E-state index >= 15 is 0 Å². The maximum atomic E-state index is 11.3. The van der Waals surface area contributed by atoms with Gasteiger partial charge in [0.05, 0.1) is 10.6 Å². The monoisotopic (exact) mass is 561 g/mol. The topological polar surface area (TPSA) is 161 Å². The Hall–Kier alpha value is -2.75. The molecule has 0 spiro atoms.